The quantitative estimate of drug-likeness (QED) is 0.643. The zero-order chi connectivity index (χ0) is 16.0. The minimum Gasteiger partial charge on any atom is -0.326 e. The molecule has 8 heteroatoms. The first-order valence-corrected chi connectivity index (χ1v) is 6.83. The second-order valence-corrected chi connectivity index (χ2v) is 5.08. The maximum atomic E-state index is 12.4. The molecule has 2 aliphatic heterocycles. The molecule has 22 heavy (non-hydrogen) atoms. The van der Waals surface area contributed by atoms with Crippen molar-refractivity contribution in [2.75, 3.05) is 11.9 Å². The van der Waals surface area contributed by atoms with E-state index in [4.69, 9.17) is 0 Å². The molecule has 114 valence electrons. The van der Waals surface area contributed by atoms with Gasteiger partial charge >= 0.3 is 6.03 Å². The first-order chi connectivity index (χ1) is 10.5. The van der Waals surface area contributed by atoms with Crippen molar-refractivity contribution < 1.29 is 14.5 Å². The third-order valence-corrected chi connectivity index (χ3v) is 3.98. The van der Waals surface area contributed by atoms with Crippen LogP contribution in [0, 0.1) is 10.1 Å². The number of nitrogens with zero attached hydrogens (tertiary/aromatic N) is 2. The molecule has 0 aromatic heterocycles. The van der Waals surface area contributed by atoms with Crippen molar-refractivity contribution >= 4 is 23.3 Å². The lowest BCUT2D eigenvalue weighted by Crippen LogP contribution is -2.50. The predicted molar refractivity (Wildman–Crippen MR) is 78.1 cm³/mol. The average molecular weight is 302 g/mol. The number of nitro groups is 1. The summed E-state index contributed by atoms with van der Waals surface area (Å²) in [7, 11) is 0. The summed E-state index contributed by atoms with van der Waals surface area (Å²) in [5, 5.41) is 16.4. The summed E-state index contributed by atoms with van der Waals surface area (Å²) in [6, 6.07) is 3.55. The number of nitrogens with one attached hydrogen (secondary N) is 2. The Labute approximate surface area is 125 Å². The molecule has 0 saturated carbocycles. The standard InChI is InChI=1S/C14H14N4O4/c1-3-17-7(2)10-12(16-14(17)20)8-5-4-6-9(18(21)22)11(8)15-13(10)19/h4-6,12H,3H2,1-2H3,(H,15,19)(H,16,20). The molecule has 8 nitrogen and oxygen atoms in total. The number of para-hydroxylation sites is 1. The minimum absolute atomic E-state index is 0.143. The zero-order valence-electron chi connectivity index (χ0n) is 12.0. The van der Waals surface area contributed by atoms with Gasteiger partial charge in [0.2, 0.25) is 0 Å². The van der Waals surface area contributed by atoms with Gasteiger partial charge in [0.25, 0.3) is 11.6 Å². The fourth-order valence-electron chi connectivity index (χ4n) is 2.96. The van der Waals surface area contributed by atoms with Crippen LogP contribution >= 0.6 is 0 Å². The third kappa shape index (κ3) is 1.84. The number of carbonyl (C=O) groups is 2. The smallest absolute Gasteiger partial charge is 0.322 e. The van der Waals surface area contributed by atoms with Gasteiger partial charge in [0, 0.05) is 23.9 Å². The van der Waals surface area contributed by atoms with E-state index in [2.05, 4.69) is 10.6 Å². The van der Waals surface area contributed by atoms with Gasteiger partial charge in [-0.2, -0.15) is 0 Å². The van der Waals surface area contributed by atoms with Crippen LogP contribution in [0.2, 0.25) is 0 Å². The van der Waals surface area contributed by atoms with Crippen molar-refractivity contribution in [3.63, 3.8) is 0 Å². The summed E-state index contributed by atoms with van der Waals surface area (Å²) < 4.78 is 0. The Bertz CT molecular complexity index is 740. The van der Waals surface area contributed by atoms with Crippen molar-refractivity contribution in [2.45, 2.75) is 19.9 Å². The number of urea groups is 1. The van der Waals surface area contributed by atoms with Crippen molar-refractivity contribution in [1.29, 1.82) is 0 Å². The van der Waals surface area contributed by atoms with E-state index in [1.54, 1.807) is 19.1 Å². The molecule has 0 spiro atoms. The first-order valence-electron chi connectivity index (χ1n) is 6.83. The molecule has 3 amide bonds. The van der Waals surface area contributed by atoms with Crippen LogP contribution in [-0.2, 0) is 4.79 Å². The van der Waals surface area contributed by atoms with Gasteiger partial charge in [0.15, 0.2) is 0 Å². The number of amides is 3. The second-order valence-electron chi connectivity index (χ2n) is 5.08. The van der Waals surface area contributed by atoms with Crippen LogP contribution in [0.25, 0.3) is 0 Å². The van der Waals surface area contributed by atoms with Crippen molar-refractivity contribution in [1.82, 2.24) is 10.2 Å². The molecule has 0 aliphatic carbocycles. The molecule has 0 saturated heterocycles. The van der Waals surface area contributed by atoms with E-state index in [0.717, 1.165) is 0 Å². The normalized spacial score (nSPS) is 20.1. The Morgan fingerprint density at radius 2 is 2.09 bits per heavy atom. The highest BCUT2D eigenvalue weighted by molar-refractivity contribution is 6.11. The zero-order valence-corrected chi connectivity index (χ0v) is 12.0. The Morgan fingerprint density at radius 1 is 1.36 bits per heavy atom. The molecule has 2 aliphatic rings. The Hall–Kier alpha value is -2.90. The minimum atomic E-state index is -0.668. The maximum absolute atomic E-state index is 12.4. The molecule has 3 rings (SSSR count). The summed E-state index contributed by atoms with van der Waals surface area (Å²) in [5.41, 5.74) is 1.45. The molecular weight excluding hydrogens is 288 g/mol. The van der Waals surface area contributed by atoms with Crippen molar-refractivity contribution in [3.05, 3.63) is 45.1 Å². The fraction of sp³-hybridized carbons (Fsp3) is 0.286. The van der Waals surface area contributed by atoms with E-state index >= 15 is 0 Å². The number of hydrogen-bond acceptors (Lipinski definition) is 4. The van der Waals surface area contributed by atoms with Crippen LogP contribution in [0.5, 0.6) is 0 Å². The SMILES string of the molecule is CCN1C(=O)NC2C(=C1C)C(=O)Nc1c2cccc1[N+](=O)[O-]. The van der Waals surface area contributed by atoms with Gasteiger partial charge in [-0.15, -0.1) is 0 Å². The van der Waals surface area contributed by atoms with Crippen LogP contribution in [0.4, 0.5) is 16.2 Å². The largest absolute Gasteiger partial charge is 0.326 e. The van der Waals surface area contributed by atoms with Gasteiger partial charge in [-0.3, -0.25) is 19.8 Å². The molecule has 0 radical (unpaired) electrons. The topological polar surface area (TPSA) is 105 Å². The van der Waals surface area contributed by atoms with Crippen LogP contribution in [0.1, 0.15) is 25.5 Å². The molecular formula is C14H14N4O4. The van der Waals surface area contributed by atoms with Gasteiger partial charge in [-0.05, 0) is 13.8 Å². The monoisotopic (exact) mass is 302 g/mol. The van der Waals surface area contributed by atoms with E-state index in [-0.39, 0.29) is 17.4 Å². The van der Waals surface area contributed by atoms with Crippen LogP contribution < -0.4 is 10.6 Å². The highest BCUT2D eigenvalue weighted by Gasteiger charge is 2.41. The van der Waals surface area contributed by atoms with E-state index in [0.29, 0.717) is 23.4 Å². The Morgan fingerprint density at radius 3 is 2.73 bits per heavy atom. The highest BCUT2D eigenvalue weighted by Crippen LogP contribution is 2.42. The second kappa shape index (κ2) is 4.83. The number of allylic oxidation sites excluding steroid dienone is 1. The van der Waals surface area contributed by atoms with Gasteiger partial charge in [-0.25, -0.2) is 4.79 Å². The van der Waals surface area contributed by atoms with Crippen molar-refractivity contribution in [2.24, 2.45) is 0 Å². The summed E-state index contributed by atoms with van der Waals surface area (Å²) in [6.07, 6.45) is 0. The number of benzene rings is 1. The average Bonchev–Trinajstić information content (AvgIpc) is 2.46. The van der Waals surface area contributed by atoms with Gasteiger partial charge in [0.1, 0.15) is 5.69 Å². The number of rotatable bonds is 2. The molecule has 1 atom stereocenters. The molecule has 2 N–H and O–H groups in total. The van der Waals surface area contributed by atoms with Gasteiger partial charge < -0.3 is 10.6 Å². The van der Waals surface area contributed by atoms with Crippen LogP contribution in [0.3, 0.4) is 0 Å². The molecule has 0 fully saturated rings. The lowest BCUT2D eigenvalue weighted by molar-refractivity contribution is -0.384. The molecule has 1 aromatic carbocycles. The lowest BCUT2D eigenvalue weighted by Gasteiger charge is -2.38. The number of carbonyl (C=O) groups excluding carboxylic acids is 2. The van der Waals surface area contributed by atoms with E-state index in [1.165, 1.54) is 11.0 Å². The Kier molecular flexibility index (Phi) is 3.09. The third-order valence-electron chi connectivity index (χ3n) is 3.98. The van der Waals surface area contributed by atoms with Gasteiger partial charge in [-0.1, -0.05) is 12.1 Å². The van der Waals surface area contributed by atoms with E-state index < -0.39 is 16.9 Å². The van der Waals surface area contributed by atoms with Crippen LogP contribution in [0.15, 0.2) is 29.5 Å². The number of nitro benzene ring substituents is 1. The maximum Gasteiger partial charge on any atom is 0.322 e. The molecule has 0 bridgehead atoms. The highest BCUT2D eigenvalue weighted by atomic mass is 16.6. The predicted octanol–water partition coefficient (Wildman–Crippen LogP) is 1.91. The van der Waals surface area contributed by atoms with Crippen LogP contribution in [-0.4, -0.2) is 28.3 Å². The fourth-order valence-corrected chi connectivity index (χ4v) is 2.96. The van der Waals surface area contributed by atoms with E-state index in [1.807, 2.05) is 6.92 Å². The van der Waals surface area contributed by atoms with E-state index in [9.17, 15) is 19.7 Å². The molecule has 1 unspecified atom stereocenters. The summed E-state index contributed by atoms with van der Waals surface area (Å²) in [5.74, 6) is -0.428. The number of anilines is 1. The molecule has 1 aromatic rings. The van der Waals surface area contributed by atoms with Gasteiger partial charge in [0.05, 0.1) is 16.5 Å². The first kappa shape index (κ1) is 14.1. The van der Waals surface area contributed by atoms with Crippen molar-refractivity contribution in [3.8, 4) is 0 Å². The summed E-state index contributed by atoms with van der Waals surface area (Å²) in [4.78, 5) is 36.5. The number of hydrogen-bond donors (Lipinski definition) is 2. The summed E-state index contributed by atoms with van der Waals surface area (Å²) >= 11 is 0. The molecule has 2 heterocycles. The number of fused-ring (bicyclic) bond motifs is 3. The summed E-state index contributed by atoms with van der Waals surface area (Å²) in [6.45, 7) is 3.94. The lowest BCUT2D eigenvalue weighted by atomic mass is 9.89. The Balaban J connectivity index is 2.22.